The summed E-state index contributed by atoms with van der Waals surface area (Å²) in [5.74, 6) is -0.688. The maximum atomic E-state index is 13.4. The van der Waals surface area contributed by atoms with Gasteiger partial charge in [-0.3, -0.25) is 0 Å². The van der Waals surface area contributed by atoms with Crippen molar-refractivity contribution in [1.29, 1.82) is 0 Å². The van der Waals surface area contributed by atoms with Crippen LogP contribution in [0.3, 0.4) is 0 Å². The summed E-state index contributed by atoms with van der Waals surface area (Å²) < 4.78 is 32.5. The SMILES string of the molecule is O=C(O)c1ccc(-c2cccc(OCc3ccccc3)c2)c(C(F)F)c1. The maximum absolute atomic E-state index is 13.4. The van der Waals surface area contributed by atoms with Crippen LogP contribution in [0.4, 0.5) is 8.78 Å². The summed E-state index contributed by atoms with van der Waals surface area (Å²) in [5.41, 5.74) is 1.35. The minimum Gasteiger partial charge on any atom is -0.489 e. The number of halogens is 2. The highest BCUT2D eigenvalue weighted by Gasteiger charge is 2.17. The third-order valence-electron chi connectivity index (χ3n) is 3.93. The first kappa shape index (κ1) is 17.6. The van der Waals surface area contributed by atoms with Crippen LogP contribution < -0.4 is 4.74 Å². The lowest BCUT2D eigenvalue weighted by Crippen LogP contribution is -2.00. The summed E-state index contributed by atoms with van der Waals surface area (Å²) in [7, 11) is 0. The molecule has 3 rings (SSSR count). The molecule has 0 aliphatic heterocycles. The van der Waals surface area contributed by atoms with E-state index in [4.69, 9.17) is 9.84 Å². The molecule has 0 radical (unpaired) electrons. The van der Waals surface area contributed by atoms with E-state index in [0.29, 0.717) is 17.9 Å². The summed E-state index contributed by atoms with van der Waals surface area (Å²) in [6.45, 7) is 0.365. The lowest BCUT2D eigenvalue weighted by molar-refractivity contribution is 0.0696. The molecule has 0 atom stereocenters. The van der Waals surface area contributed by atoms with Crippen molar-refractivity contribution in [3.8, 4) is 16.9 Å². The third-order valence-corrected chi connectivity index (χ3v) is 3.93. The molecule has 5 heteroatoms. The fourth-order valence-corrected chi connectivity index (χ4v) is 2.63. The first-order chi connectivity index (χ1) is 12.5. The summed E-state index contributed by atoms with van der Waals surface area (Å²) in [6, 6.07) is 20.2. The number of rotatable bonds is 6. The van der Waals surface area contributed by atoms with Crippen LogP contribution in [-0.4, -0.2) is 11.1 Å². The Hall–Kier alpha value is -3.21. The lowest BCUT2D eigenvalue weighted by Gasteiger charge is -2.12. The zero-order valence-corrected chi connectivity index (χ0v) is 13.7. The molecule has 0 spiro atoms. The van der Waals surface area contributed by atoms with Crippen molar-refractivity contribution < 1.29 is 23.4 Å². The van der Waals surface area contributed by atoms with Crippen molar-refractivity contribution in [2.45, 2.75) is 13.0 Å². The van der Waals surface area contributed by atoms with E-state index in [-0.39, 0.29) is 16.7 Å². The van der Waals surface area contributed by atoms with Gasteiger partial charge in [-0.25, -0.2) is 13.6 Å². The second kappa shape index (κ2) is 7.78. The van der Waals surface area contributed by atoms with Gasteiger partial charge in [0.05, 0.1) is 5.56 Å². The number of ether oxygens (including phenoxy) is 1. The van der Waals surface area contributed by atoms with Gasteiger partial charge in [0, 0.05) is 5.56 Å². The van der Waals surface area contributed by atoms with Gasteiger partial charge in [0.15, 0.2) is 0 Å². The molecule has 3 aromatic rings. The molecule has 0 saturated carbocycles. The van der Waals surface area contributed by atoms with Crippen LogP contribution in [0.15, 0.2) is 72.8 Å². The van der Waals surface area contributed by atoms with E-state index in [1.807, 2.05) is 30.3 Å². The summed E-state index contributed by atoms with van der Waals surface area (Å²) in [4.78, 5) is 11.0. The van der Waals surface area contributed by atoms with Crippen molar-refractivity contribution in [3.05, 3.63) is 89.5 Å². The Morgan fingerprint density at radius 1 is 0.962 bits per heavy atom. The molecular formula is C21H16F2O3. The van der Waals surface area contributed by atoms with Gasteiger partial charge in [-0.05, 0) is 41.0 Å². The fraction of sp³-hybridized carbons (Fsp3) is 0.0952. The Bertz CT molecular complexity index is 908. The Morgan fingerprint density at radius 2 is 1.73 bits per heavy atom. The van der Waals surface area contributed by atoms with E-state index in [1.165, 1.54) is 12.1 Å². The number of carboxylic acid groups (broad SMARTS) is 1. The predicted octanol–water partition coefficient (Wildman–Crippen LogP) is 5.57. The Kier molecular flexibility index (Phi) is 5.27. The van der Waals surface area contributed by atoms with Gasteiger partial charge in [0.2, 0.25) is 0 Å². The smallest absolute Gasteiger partial charge is 0.335 e. The molecular weight excluding hydrogens is 338 g/mol. The molecule has 132 valence electrons. The Morgan fingerprint density at radius 3 is 2.42 bits per heavy atom. The van der Waals surface area contributed by atoms with E-state index in [9.17, 15) is 13.6 Å². The van der Waals surface area contributed by atoms with E-state index < -0.39 is 12.4 Å². The van der Waals surface area contributed by atoms with E-state index in [1.54, 1.807) is 24.3 Å². The minimum atomic E-state index is -2.78. The van der Waals surface area contributed by atoms with Crippen LogP contribution in [0.25, 0.3) is 11.1 Å². The van der Waals surface area contributed by atoms with Crippen molar-refractivity contribution >= 4 is 5.97 Å². The van der Waals surface area contributed by atoms with Gasteiger partial charge >= 0.3 is 5.97 Å². The van der Waals surface area contributed by atoms with Gasteiger partial charge in [0.1, 0.15) is 12.4 Å². The molecule has 26 heavy (non-hydrogen) atoms. The van der Waals surface area contributed by atoms with Crippen LogP contribution in [-0.2, 0) is 6.61 Å². The molecule has 0 aliphatic carbocycles. The monoisotopic (exact) mass is 354 g/mol. The lowest BCUT2D eigenvalue weighted by atomic mass is 9.97. The number of carboxylic acids is 1. The van der Waals surface area contributed by atoms with Crippen LogP contribution in [0.1, 0.15) is 27.9 Å². The summed E-state index contributed by atoms with van der Waals surface area (Å²) >= 11 is 0. The molecule has 0 fully saturated rings. The molecule has 1 N–H and O–H groups in total. The molecule has 0 amide bonds. The van der Waals surface area contributed by atoms with Gasteiger partial charge < -0.3 is 9.84 Å². The minimum absolute atomic E-state index is 0.166. The van der Waals surface area contributed by atoms with Crippen molar-refractivity contribution in [2.24, 2.45) is 0 Å². The topological polar surface area (TPSA) is 46.5 Å². The molecule has 0 aromatic heterocycles. The Labute approximate surface area is 149 Å². The number of alkyl halides is 2. The summed E-state index contributed by atoms with van der Waals surface area (Å²) in [5, 5.41) is 9.01. The van der Waals surface area contributed by atoms with Crippen LogP contribution >= 0.6 is 0 Å². The third kappa shape index (κ3) is 4.06. The highest BCUT2D eigenvalue weighted by Crippen LogP contribution is 2.33. The highest BCUT2D eigenvalue weighted by molar-refractivity contribution is 5.89. The van der Waals surface area contributed by atoms with Crippen LogP contribution in [0.2, 0.25) is 0 Å². The molecule has 3 nitrogen and oxygen atoms in total. The fourth-order valence-electron chi connectivity index (χ4n) is 2.63. The zero-order valence-electron chi connectivity index (χ0n) is 13.7. The van der Waals surface area contributed by atoms with E-state index in [0.717, 1.165) is 11.6 Å². The first-order valence-corrected chi connectivity index (χ1v) is 7.97. The van der Waals surface area contributed by atoms with Crippen LogP contribution in [0, 0.1) is 0 Å². The zero-order chi connectivity index (χ0) is 18.5. The van der Waals surface area contributed by atoms with E-state index >= 15 is 0 Å². The standard InChI is InChI=1S/C21H16F2O3/c22-20(23)19-12-16(21(24)25)9-10-18(19)15-7-4-8-17(11-15)26-13-14-5-2-1-3-6-14/h1-12,20H,13H2,(H,24,25). The second-order valence-electron chi connectivity index (χ2n) is 5.71. The van der Waals surface area contributed by atoms with Gasteiger partial charge in [0.25, 0.3) is 6.43 Å². The van der Waals surface area contributed by atoms with E-state index in [2.05, 4.69) is 0 Å². The van der Waals surface area contributed by atoms with Gasteiger partial charge in [-0.1, -0.05) is 48.5 Å². The molecule has 0 saturated heterocycles. The normalized spacial score (nSPS) is 10.7. The molecule has 3 aromatic carbocycles. The van der Waals surface area contributed by atoms with Crippen molar-refractivity contribution in [1.82, 2.24) is 0 Å². The number of aromatic carboxylic acids is 1. The number of hydrogen-bond donors (Lipinski definition) is 1. The molecule has 0 unspecified atom stereocenters. The predicted molar refractivity (Wildman–Crippen MR) is 94.6 cm³/mol. The number of carbonyl (C=O) groups is 1. The average Bonchev–Trinajstić information content (AvgIpc) is 2.67. The van der Waals surface area contributed by atoms with Crippen LogP contribution in [0.5, 0.6) is 5.75 Å². The Balaban J connectivity index is 1.89. The first-order valence-electron chi connectivity index (χ1n) is 7.97. The summed E-state index contributed by atoms with van der Waals surface area (Å²) in [6.07, 6.45) is -2.78. The highest BCUT2D eigenvalue weighted by atomic mass is 19.3. The number of hydrogen-bond acceptors (Lipinski definition) is 2. The molecule has 0 heterocycles. The maximum Gasteiger partial charge on any atom is 0.335 e. The molecule has 0 bridgehead atoms. The number of benzene rings is 3. The van der Waals surface area contributed by atoms with Crippen molar-refractivity contribution in [2.75, 3.05) is 0 Å². The van der Waals surface area contributed by atoms with Gasteiger partial charge in [-0.15, -0.1) is 0 Å². The molecule has 0 aliphatic rings. The average molecular weight is 354 g/mol. The largest absolute Gasteiger partial charge is 0.489 e. The second-order valence-corrected chi connectivity index (χ2v) is 5.71. The van der Waals surface area contributed by atoms with Crippen molar-refractivity contribution in [3.63, 3.8) is 0 Å². The van der Waals surface area contributed by atoms with Gasteiger partial charge in [-0.2, -0.15) is 0 Å². The quantitative estimate of drug-likeness (QED) is 0.630.